The molecule has 0 aromatic rings. The van der Waals surface area contributed by atoms with Gasteiger partial charge in [0, 0.05) is 12.8 Å². The molecule has 0 aliphatic rings. The summed E-state index contributed by atoms with van der Waals surface area (Å²) in [6.07, 6.45) is 3.72. The molecule has 29 heavy (non-hydrogen) atoms. The maximum Gasteiger partial charge on any atom is 0.459 e. The molecule has 0 aliphatic heterocycles. The maximum absolute atomic E-state index is 13.1. The maximum atomic E-state index is 13.1. The van der Waals surface area contributed by atoms with Gasteiger partial charge in [-0.3, -0.25) is 4.79 Å². The summed E-state index contributed by atoms with van der Waals surface area (Å²) in [6, 6.07) is 0. The normalized spacial score (nSPS) is 13.1. The van der Waals surface area contributed by atoms with Crippen LogP contribution in [0.5, 0.6) is 0 Å². The quantitative estimate of drug-likeness (QED) is 0.173. The summed E-state index contributed by atoms with van der Waals surface area (Å²) in [5, 5.41) is 8.51. The predicted molar refractivity (Wildman–Crippen MR) is 97.5 cm³/mol. The van der Waals surface area contributed by atoms with Crippen molar-refractivity contribution in [2.24, 2.45) is 0 Å². The Hall–Kier alpha value is -1.02. The summed E-state index contributed by atoms with van der Waals surface area (Å²) in [7, 11) is 0. The standard InChI is InChI=1S/C20H33F7O2/c21-18(22,19(23,24)20(25,26)27)16-14-12-10-8-6-4-2-1-3-5-7-9-11-13-15-17(28)29/h1-16H2,(H,28,29). The van der Waals surface area contributed by atoms with E-state index in [1.54, 1.807) is 0 Å². The van der Waals surface area contributed by atoms with Gasteiger partial charge in [0.2, 0.25) is 0 Å². The molecular weight excluding hydrogens is 405 g/mol. The lowest BCUT2D eigenvalue weighted by atomic mass is 10.0. The highest BCUT2D eigenvalue weighted by Crippen LogP contribution is 2.48. The van der Waals surface area contributed by atoms with Gasteiger partial charge in [0.25, 0.3) is 0 Å². The summed E-state index contributed by atoms with van der Waals surface area (Å²) < 4.78 is 87.6. The zero-order valence-electron chi connectivity index (χ0n) is 16.8. The highest BCUT2D eigenvalue weighted by molar-refractivity contribution is 5.66. The van der Waals surface area contributed by atoms with Crippen LogP contribution in [0, 0.1) is 0 Å². The van der Waals surface area contributed by atoms with Crippen LogP contribution in [-0.4, -0.2) is 29.1 Å². The molecular formula is C20H33F7O2. The van der Waals surface area contributed by atoms with Gasteiger partial charge < -0.3 is 5.11 Å². The summed E-state index contributed by atoms with van der Waals surface area (Å²) in [6.45, 7) is 0. The fraction of sp³-hybridized carbons (Fsp3) is 0.950. The smallest absolute Gasteiger partial charge is 0.459 e. The van der Waals surface area contributed by atoms with Crippen molar-refractivity contribution in [2.75, 3.05) is 0 Å². The number of hydrogen-bond donors (Lipinski definition) is 1. The van der Waals surface area contributed by atoms with Gasteiger partial charge >= 0.3 is 24.0 Å². The van der Waals surface area contributed by atoms with E-state index < -0.39 is 30.4 Å². The van der Waals surface area contributed by atoms with Crippen LogP contribution in [0.2, 0.25) is 0 Å². The van der Waals surface area contributed by atoms with Crippen LogP contribution in [0.15, 0.2) is 0 Å². The number of carboxylic acid groups (broad SMARTS) is 1. The van der Waals surface area contributed by atoms with Crippen molar-refractivity contribution in [2.45, 2.75) is 121 Å². The van der Waals surface area contributed by atoms with Crippen molar-refractivity contribution in [3.05, 3.63) is 0 Å². The molecule has 0 rings (SSSR count). The van der Waals surface area contributed by atoms with Crippen molar-refractivity contribution < 1.29 is 40.6 Å². The first-order valence-corrected chi connectivity index (χ1v) is 10.5. The third-order valence-electron chi connectivity index (χ3n) is 4.95. The van der Waals surface area contributed by atoms with E-state index in [2.05, 4.69) is 0 Å². The van der Waals surface area contributed by atoms with Gasteiger partial charge in [-0.1, -0.05) is 77.0 Å². The van der Waals surface area contributed by atoms with Crippen molar-refractivity contribution in [1.82, 2.24) is 0 Å². The van der Waals surface area contributed by atoms with E-state index in [0.29, 0.717) is 6.42 Å². The zero-order chi connectivity index (χ0) is 22.4. The van der Waals surface area contributed by atoms with Crippen molar-refractivity contribution in [1.29, 1.82) is 0 Å². The lowest BCUT2D eigenvalue weighted by Gasteiger charge is -2.28. The van der Waals surface area contributed by atoms with Gasteiger partial charge in [-0.15, -0.1) is 0 Å². The molecule has 0 fully saturated rings. The van der Waals surface area contributed by atoms with E-state index >= 15 is 0 Å². The van der Waals surface area contributed by atoms with E-state index in [9.17, 15) is 35.5 Å². The first-order chi connectivity index (χ1) is 13.4. The van der Waals surface area contributed by atoms with Crippen LogP contribution in [0.1, 0.15) is 103 Å². The minimum absolute atomic E-state index is 0.214. The summed E-state index contributed by atoms with van der Waals surface area (Å²) in [5.74, 6) is -11.8. The molecule has 2 nitrogen and oxygen atoms in total. The summed E-state index contributed by atoms with van der Waals surface area (Å²) in [4.78, 5) is 10.3. The molecule has 0 bridgehead atoms. The fourth-order valence-corrected chi connectivity index (χ4v) is 3.11. The van der Waals surface area contributed by atoms with Gasteiger partial charge in [-0.05, 0) is 12.8 Å². The molecule has 0 aliphatic carbocycles. The molecule has 1 N–H and O–H groups in total. The SMILES string of the molecule is O=C(O)CCCCCCCCCCCCCCCCC(F)(F)C(F)(F)C(F)(F)F. The average Bonchev–Trinajstić information content (AvgIpc) is 2.59. The average molecular weight is 438 g/mol. The van der Waals surface area contributed by atoms with E-state index in [1.807, 2.05) is 0 Å². The van der Waals surface area contributed by atoms with Crippen LogP contribution >= 0.6 is 0 Å². The van der Waals surface area contributed by atoms with Crippen LogP contribution in [-0.2, 0) is 4.79 Å². The van der Waals surface area contributed by atoms with Crippen LogP contribution in [0.25, 0.3) is 0 Å². The van der Waals surface area contributed by atoms with Gasteiger partial charge in [0.05, 0.1) is 0 Å². The number of carboxylic acids is 1. The molecule has 0 spiro atoms. The van der Waals surface area contributed by atoms with Crippen molar-refractivity contribution in [3.8, 4) is 0 Å². The summed E-state index contributed by atoms with van der Waals surface area (Å²) in [5.41, 5.74) is 0. The van der Waals surface area contributed by atoms with Crippen molar-refractivity contribution in [3.63, 3.8) is 0 Å². The minimum Gasteiger partial charge on any atom is -0.481 e. The first kappa shape index (κ1) is 28.0. The number of aliphatic carboxylic acids is 1. The Morgan fingerprint density at radius 1 is 0.552 bits per heavy atom. The molecule has 0 atom stereocenters. The highest BCUT2D eigenvalue weighted by Gasteiger charge is 2.72. The minimum atomic E-state index is -6.24. The van der Waals surface area contributed by atoms with Gasteiger partial charge in [0.1, 0.15) is 0 Å². The van der Waals surface area contributed by atoms with Crippen LogP contribution < -0.4 is 0 Å². The third-order valence-corrected chi connectivity index (χ3v) is 4.95. The number of rotatable bonds is 18. The second kappa shape index (κ2) is 14.1. The van der Waals surface area contributed by atoms with Gasteiger partial charge in [-0.2, -0.15) is 30.7 Å². The zero-order valence-corrected chi connectivity index (χ0v) is 16.8. The Morgan fingerprint density at radius 2 is 0.862 bits per heavy atom. The molecule has 0 unspecified atom stereocenters. The Bertz CT molecular complexity index is 437. The summed E-state index contributed by atoms with van der Waals surface area (Å²) >= 11 is 0. The van der Waals surface area contributed by atoms with Gasteiger partial charge in [0.15, 0.2) is 0 Å². The molecule has 0 heterocycles. The number of carbonyl (C=O) groups is 1. The topological polar surface area (TPSA) is 37.3 Å². The Balaban J connectivity index is 3.49. The van der Waals surface area contributed by atoms with Gasteiger partial charge in [-0.25, -0.2) is 0 Å². The number of alkyl halides is 7. The van der Waals surface area contributed by atoms with Crippen LogP contribution in [0.4, 0.5) is 30.7 Å². The lowest BCUT2D eigenvalue weighted by molar-refractivity contribution is -0.355. The van der Waals surface area contributed by atoms with E-state index in [1.165, 1.54) is 0 Å². The van der Waals surface area contributed by atoms with E-state index in [-0.39, 0.29) is 19.3 Å². The van der Waals surface area contributed by atoms with E-state index in [4.69, 9.17) is 5.11 Å². The molecule has 0 saturated heterocycles. The van der Waals surface area contributed by atoms with Crippen molar-refractivity contribution >= 4 is 5.97 Å². The highest BCUT2D eigenvalue weighted by atomic mass is 19.4. The largest absolute Gasteiger partial charge is 0.481 e. The third kappa shape index (κ3) is 12.3. The number of hydrogen-bond acceptors (Lipinski definition) is 1. The predicted octanol–water partition coefficient (Wildman–Crippen LogP) is 8.15. The molecule has 9 heteroatoms. The monoisotopic (exact) mass is 438 g/mol. The Morgan fingerprint density at radius 3 is 1.17 bits per heavy atom. The molecule has 174 valence electrons. The lowest BCUT2D eigenvalue weighted by Crippen LogP contribution is -2.51. The first-order valence-electron chi connectivity index (χ1n) is 10.5. The fourth-order valence-electron chi connectivity index (χ4n) is 3.11. The second-order valence-electron chi connectivity index (χ2n) is 7.62. The van der Waals surface area contributed by atoms with E-state index in [0.717, 1.165) is 70.6 Å². The number of halogens is 7. The Kier molecular flexibility index (Phi) is 13.6. The Labute approximate surface area is 168 Å². The molecule has 0 aromatic heterocycles. The second-order valence-corrected chi connectivity index (χ2v) is 7.62. The molecule has 0 aromatic carbocycles. The molecule has 0 radical (unpaired) electrons. The number of unbranched alkanes of at least 4 members (excludes halogenated alkanes) is 13. The molecule has 0 saturated carbocycles. The van der Waals surface area contributed by atoms with Crippen LogP contribution in [0.3, 0.4) is 0 Å². The molecule has 0 amide bonds.